The highest BCUT2D eigenvalue weighted by atomic mass is 32.1. The molecular formula is C13H19N5OS. The van der Waals surface area contributed by atoms with Gasteiger partial charge in [-0.3, -0.25) is 4.79 Å². The molecule has 1 aromatic heterocycles. The summed E-state index contributed by atoms with van der Waals surface area (Å²) in [6.07, 6.45) is 1.88. The van der Waals surface area contributed by atoms with E-state index < -0.39 is 0 Å². The first kappa shape index (κ1) is 14.6. The molecule has 1 amide bonds. The summed E-state index contributed by atoms with van der Waals surface area (Å²) in [5.74, 6) is 5.56. The monoisotopic (exact) mass is 293 g/mol. The molecule has 0 atom stereocenters. The van der Waals surface area contributed by atoms with Crippen LogP contribution in [-0.2, 0) is 0 Å². The Morgan fingerprint density at radius 3 is 2.90 bits per heavy atom. The van der Waals surface area contributed by atoms with Crippen molar-refractivity contribution in [1.82, 2.24) is 10.3 Å². The number of hydrogen-bond donors (Lipinski definition) is 3. The number of carbonyl (C=O) groups is 1. The maximum Gasteiger partial charge on any atom is 0.266 e. The van der Waals surface area contributed by atoms with Gasteiger partial charge in [-0.1, -0.05) is 17.3 Å². The molecule has 0 unspecified atom stereocenters. The summed E-state index contributed by atoms with van der Waals surface area (Å²) < 4.78 is 0. The van der Waals surface area contributed by atoms with Gasteiger partial charge in [-0.25, -0.2) is 4.98 Å². The van der Waals surface area contributed by atoms with E-state index in [0.717, 1.165) is 31.1 Å². The second kappa shape index (κ2) is 6.59. The third kappa shape index (κ3) is 3.40. The molecule has 20 heavy (non-hydrogen) atoms. The van der Waals surface area contributed by atoms with Gasteiger partial charge in [0.2, 0.25) is 0 Å². The van der Waals surface area contributed by atoms with Crippen LogP contribution in [0.4, 0.5) is 10.9 Å². The number of nitrogen functional groups attached to an aromatic ring is 1. The second-order valence-corrected chi connectivity index (χ2v) is 5.62. The van der Waals surface area contributed by atoms with Crippen LogP contribution < -0.4 is 21.7 Å². The van der Waals surface area contributed by atoms with E-state index in [1.807, 2.05) is 0 Å². The molecule has 1 aliphatic heterocycles. The molecule has 2 rings (SSSR count). The molecule has 1 aliphatic rings. The van der Waals surface area contributed by atoms with E-state index >= 15 is 0 Å². The van der Waals surface area contributed by atoms with E-state index in [0.29, 0.717) is 11.4 Å². The molecule has 0 bridgehead atoms. The van der Waals surface area contributed by atoms with Crippen LogP contribution in [0.3, 0.4) is 0 Å². The minimum absolute atomic E-state index is 0.220. The van der Waals surface area contributed by atoms with Crippen molar-refractivity contribution in [3.05, 3.63) is 4.88 Å². The van der Waals surface area contributed by atoms with E-state index in [4.69, 9.17) is 11.5 Å². The predicted octanol–water partition coefficient (Wildman–Crippen LogP) is 0.406. The Morgan fingerprint density at radius 1 is 1.55 bits per heavy atom. The standard InChI is InChI=1S/C13H19N5OS/c1-2-3-6-16-12(19)10-11(15)17-13(20-10)18-7-4-9(14)5-8-18/h9H,4-8,14-15H2,1H3,(H,16,19). The first-order valence-corrected chi connectivity index (χ1v) is 7.38. The molecule has 0 aliphatic carbocycles. The number of nitrogens with zero attached hydrogens (tertiary/aromatic N) is 2. The fourth-order valence-electron chi connectivity index (χ4n) is 2.00. The topological polar surface area (TPSA) is 97.3 Å². The van der Waals surface area contributed by atoms with Crippen LogP contribution in [0.15, 0.2) is 0 Å². The number of anilines is 2. The zero-order chi connectivity index (χ0) is 14.5. The van der Waals surface area contributed by atoms with Crippen molar-refractivity contribution in [2.45, 2.75) is 25.8 Å². The number of nitrogens with two attached hydrogens (primary N) is 2. The molecule has 1 saturated heterocycles. The minimum atomic E-state index is -0.220. The smallest absolute Gasteiger partial charge is 0.266 e. The van der Waals surface area contributed by atoms with Crippen LogP contribution in [0.5, 0.6) is 0 Å². The lowest BCUT2D eigenvalue weighted by Crippen LogP contribution is -2.39. The number of carbonyl (C=O) groups excluding carboxylic acids is 1. The third-order valence-electron chi connectivity index (χ3n) is 3.17. The predicted molar refractivity (Wildman–Crippen MR) is 81.7 cm³/mol. The summed E-state index contributed by atoms with van der Waals surface area (Å²) >= 11 is 1.32. The fourth-order valence-corrected chi connectivity index (χ4v) is 2.96. The van der Waals surface area contributed by atoms with Crippen LogP contribution in [0.1, 0.15) is 29.4 Å². The Morgan fingerprint density at radius 2 is 2.25 bits per heavy atom. The van der Waals surface area contributed by atoms with E-state index in [-0.39, 0.29) is 17.8 Å². The van der Waals surface area contributed by atoms with Crippen LogP contribution in [0.2, 0.25) is 0 Å². The quantitative estimate of drug-likeness (QED) is 0.701. The van der Waals surface area contributed by atoms with Crippen molar-refractivity contribution < 1.29 is 4.79 Å². The van der Waals surface area contributed by atoms with E-state index in [1.54, 1.807) is 6.92 Å². The van der Waals surface area contributed by atoms with Gasteiger partial charge in [-0.2, -0.15) is 0 Å². The van der Waals surface area contributed by atoms with Crippen molar-refractivity contribution >= 4 is 28.2 Å². The van der Waals surface area contributed by atoms with Crippen LogP contribution in [-0.4, -0.2) is 36.6 Å². The van der Waals surface area contributed by atoms with Gasteiger partial charge >= 0.3 is 0 Å². The molecule has 7 heteroatoms. The molecule has 0 spiro atoms. The van der Waals surface area contributed by atoms with Crippen molar-refractivity contribution in [1.29, 1.82) is 0 Å². The Hall–Kier alpha value is -1.78. The molecule has 1 aromatic rings. The number of nitrogens with one attached hydrogen (secondary N) is 1. The number of piperidine rings is 1. The first-order chi connectivity index (χ1) is 9.61. The van der Waals surface area contributed by atoms with Crippen LogP contribution in [0.25, 0.3) is 0 Å². The van der Waals surface area contributed by atoms with E-state index in [1.165, 1.54) is 11.3 Å². The minimum Gasteiger partial charge on any atom is -0.382 e. The normalized spacial score (nSPS) is 15.6. The first-order valence-electron chi connectivity index (χ1n) is 6.56. The number of thiazole rings is 1. The SMILES string of the molecule is CC#CCNC(=O)c1sc(N2CCC(N)CC2)nc1N. The highest BCUT2D eigenvalue weighted by Crippen LogP contribution is 2.29. The van der Waals surface area contributed by atoms with Gasteiger partial charge in [0.1, 0.15) is 10.7 Å². The van der Waals surface area contributed by atoms with Crippen molar-refractivity contribution in [2.75, 3.05) is 30.3 Å². The maximum atomic E-state index is 12.0. The van der Waals surface area contributed by atoms with Gasteiger partial charge in [-0.05, 0) is 19.8 Å². The maximum absolute atomic E-state index is 12.0. The van der Waals surface area contributed by atoms with Crippen LogP contribution in [0, 0.1) is 11.8 Å². The van der Waals surface area contributed by atoms with Crippen molar-refractivity contribution in [2.24, 2.45) is 5.73 Å². The molecule has 6 nitrogen and oxygen atoms in total. The Bertz CT molecular complexity index is 537. The third-order valence-corrected chi connectivity index (χ3v) is 4.30. The summed E-state index contributed by atoms with van der Waals surface area (Å²) in [5, 5.41) is 3.50. The summed E-state index contributed by atoms with van der Waals surface area (Å²) in [6, 6.07) is 0.263. The van der Waals surface area contributed by atoms with Gasteiger partial charge in [0.05, 0.1) is 6.54 Å². The summed E-state index contributed by atoms with van der Waals surface area (Å²) in [5.41, 5.74) is 11.7. The molecule has 0 radical (unpaired) electrons. The molecular weight excluding hydrogens is 274 g/mol. The molecule has 2 heterocycles. The lowest BCUT2D eigenvalue weighted by Gasteiger charge is -2.29. The van der Waals surface area contributed by atoms with Gasteiger partial charge in [-0.15, -0.1) is 5.92 Å². The highest BCUT2D eigenvalue weighted by molar-refractivity contribution is 7.18. The molecule has 1 fully saturated rings. The fraction of sp³-hybridized carbons (Fsp3) is 0.538. The Labute approximate surface area is 122 Å². The summed E-state index contributed by atoms with van der Waals surface area (Å²) in [4.78, 5) is 18.8. The number of amides is 1. The molecule has 108 valence electrons. The van der Waals surface area contributed by atoms with Gasteiger partial charge in [0.25, 0.3) is 5.91 Å². The molecule has 5 N–H and O–H groups in total. The van der Waals surface area contributed by atoms with Crippen LogP contribution >= 0.6 is 11.3 Å². The van der Waals surface area contributed by atoms with Gasteiger partial charge in [0.15, 0.2) is 5.13 Å². The van der Waals surface area contributed by atoms with E-state index in [2.05, 4.69) is 27.0 Å². The highest BCUT2D eigenvalue weighted by Gasteiger charge is 2.22. The van der Waals surface area contributed by atoms with Gasteiger partial charge in [0, 0.05) is 19.1 Å². The molecule has 0 aromatic carbocycles. The summed E-state index contributed by atoms with van der Waals surface area (Å²) in [6.45, 7) is 3.76. The second-order valence-electron chi connectivity index (χ2n) is 4.64. The largest absolute Gasteiger partial charge is 0.382 e. The lowest BCUT2D eigenvalue weighted by atomic mass is 10.1. The number of rotatable bonds is 3. The van der Waals surface area contributed by atoms with Gasteiger partial charge < -0.3 is 21.7 Å². The number of aromatic nitrogens is 1. The average Bonchev–Trinajstić information content (AvgIpc) is 2.82. The zero-order valence-corrected chi connectivity index (χ0v) is 12.3. The Kier molecular flexibility index (Phi) is 4.82. The average molecular weight is 293 g/mol. The molecule has 0 saturated carbocycles. The Balaban J connectivity index is 2.04. The number of hydrogen-bond acceptors (Lipinski definition) is 6. The van der Waals surface area contributed by atoms with Crippen molar-refractivity contribution in [3.8, 4) is 11.8 Å². The summed E-state index contributed by atoms with van der Waals surface area (Å²) in [7, 11) is 0. The lowest BCUT2D eigenvalue weighted by molar-refractivity contribution is 0.0963. The zero-order valence-electron chi connectivity index (χ0n) is 11.5. The van der Waals surface area contributed by atoms with E-state index in [9.17, 15) is 4.79 Å². The van der Waals surface area contributed by atoms with Crippen molar-refractivity contribution in [3.63, 3.8) is 0 Å².